The Hall–Kier alpha value is -3.52. The van der Waals surface area contributed by atoms with Crippen LogP contribution in [0, 0.1) is 5.92 Å². The second-order valence-electron chi connectivity index (χ2n) is 8.15. The molecule has 1 aliphatic rings. The van der Waals surface area contributed by atoms with E-state index in [1.54, 1.807) is 31.2 Å². The average Bonchev–Trinajstić information content (AvgIpc) is 2.82. The Bertz CT molecular complexity index is 991. The summed E-state index contributed by atoms with van der Waals surface area (Å²) in [5.41, 5.74) is 1.59. The van der Waals surface area contributed by atoms with Crippen molar-refractivity contribution in [1.82, 2.24) is 5.32 Å². The fourth-order valence-corrected chi connectivity index (χ4v) is 2.66. The number of allylic oxidation sites excluding steroid dienone is 13. The van der Waals surface area contributed by atoms with Crippen molar-refractivity contribution in [2.75, 3.05) is 6.54 Å². The molecule has 0 aromatic rings. The number of carbonyl (C=O) groups excluding carboxylic acids is 2. The zero-order valence-corrected chi connectivity index (χ0v) is 20.3. The Kier molecular flexibility index (Phi) is 13.6. The summed E-state index contributed by atoms with van der Waals surface area (Å²) in [5.74, 6) is -1.30. The summed E-state index contributed by atoms with van der Waals surface area (Å²) < 4.78 is 0. The van der Waals surface area contributed by atoms with E-state index in [-0.39, 0.29) is 11.7 Å². The normalized spacial score (nSPS) is 36.1. The van der Waals surface area contributed by atoms with E-state index in [0.717, 1.165) is 17.7 Å². The Morgan fingerprint density at radius 2 is 1.46 bits per heavy atom. The molecule has 0 aromatic carbocycles. The molecule has 0 spiro atoms. The van der Waals surface area contributed by atoms with Crippen LogP contribution in [0.4, 0.5) is 0 Å². The Balaban J connectivity index is 3.09. The summed E-state index contributed by atoms with van der Waals surface area (Å²) in [6.45, 7) is 5.96. The molecule has 5 N–H and O–H groups in total. The van der Waals surface area contributed by atoms with E-state index in [2.05, 4.69) is 5.32 Å². The Morgan fingerprint density at radius 1 is 0.800 bits per heavy atom. The molecule has 7 nitrogen and oxygen atoms in total. The number of hydrogen-bond donors (Lipinski definition) is 5. The van der Waals surface area contributed by atoms with Gasteiger partial charge in [0.1, 0.15) is 24.1 Å². The zero-order valence-electron chi connectivity index (χ0n) is 20.3. The molecule has 4 atom stereocenters. The second-order valence-corrected chi connectivity index (χ2v) is 8.15. The van der Waals surface area contributed by atoms with Gasteiger partial charge in [-0.1, -0.05) is 91.0 Å². The minimum absolute atomic E-state index is 0.0853. The molecule has 188 valence electrons. The smallest absolute Gasteiger partial charge is 0.247 e. The minimum atomic E-state index is -1.79. The van der Waals surface area contributed by atoms with Crippen molar-refractivity contribution in [3.8, 4) is 0 Å². The highest BCUT2D eigenvalue weighted by Gasteiger charge is 2.27. The topological polar surface area (TPSA) is 127 Å². The molecule has 1 heterocycles. The second kappa shape index (κ2) is 16.2. The maximum absolute atomic E-state index is 12.1. The Morgan fingerprint density at radius 3 is 2.20 bits per heavy atom. The number of hydrogen-bond acceptors (Lipinski definition) is 6. The van der Waals surface area contributed by atoms with Gasteiger partial charge in [-0.3, -0.25) is 9.59 Å². The first-order valence-corrected chi connectivity index (χ1v) is 11.3. The number of nitrogens with one attached hydrogen (secondary N) is 1. The summed E-state index contributed by atoms with van der Waals surface area (Å²) in [7, 11) is 0. The number of aliphatic hydroxyl groups excluding tert-OH is 4. The van der Waals surface area contributed by atoms with Crippen molar-refractivity contribution >= 4 is 11.7 Å². The molecule has 0 bridgehead atoms. The minimum Gasteiger partial charge on any atom is -0.508 e. The van der Waals surface area contributed by atoms with E-state index >= 15 is 0 Å². The standard InChI is InChI=1S/C28H35NO6/c1-20-10-5-4-6-12-22(3)19-29-26(33)18-23(30)17-16-21(2)13-9-15-25(32)28(35)27(34)24(31)14-8-7-11-20/h4-18,22,25,27-28,30,32,34-35H,19H2,1-3H3,(H,29,33)/b5-4+,11-7+,12-6-,14-8-,15-9+,17-16+,20-10+,21-13+,23-18-. The third kappa shape index (κ3) is 13.1. The largest absolute Gasteiger partial charge is 0.508 e. The first-order chi connectivity index (χ1) is 16.6. The molecular weight excluding hydrogens is 446 g/mol. The maximum atomic E-state index is 12.1. The number of amides is 1. The fourth-order valence-electron chi connectivity index (χ4n) is 2.66. The van der Waals surface area contributed by atoms with E-state index in [9.17, 15) is 30.0 Å². The first kappa shape index (κ1) is 29.5. The van der Waals surface area contributed by atoms with Gasteiger partial charge in [-0.15, -0.1) is 0 Å². The van der Waals surface area contributed by atoms with Crippen LogP contribution in [-0.4, -0.2) is 57.0 Å². The molecule has 0 fully saturated rings. The quantitative estimate of drug-likeness (QED) is 0.362. The van der Waals surface area contributed by atoms with Gasteiger partial charge < -0.3 is 25.7 Å². The maximum Gasteiger partial charge on any atom is 0.247 e. The highest BCUT2D eigenvalue weighted by molar-refractivity contribution is 5.94. The van der Waals surface area contributed by atoms with E-state index in [4.69, 9.17) is 0 Å². The van der Waals surface area contributed by atoms with Crippen LogP contribution in [0.15, 0.2) is 108 Å². The van der Waals surface area contributed by atoms with Gasteiger partial charge >= 0.3 is 0 Å². The number of carbonyl (C=O) groups is 2. The van der Waals surface area contributed by atoms with Gasteiger partial charge in [0.2, 0.25) is 5.91 Å². The van der Waals surface area contributed by atoms with Gasteiger partial charge in [-0.05, 0) is 31.9 Å². The van der Waals surface area contributed by atoms with Crippen molar-refractivity contribution in [2.45, 2.75) is 39.1 Å². The monoisotopic (exact) mass is 481 g/mol. The lowest BCUT2D eigenvalue weighted by Gasteiger charge is -2.18. The van der Waals surface area contributed by atoms with Gasteiger partial charge in [-0.25, -0.2) is 0 Å². The Labute approximate surface area is 206 Å². The van der Waals surface area contributed by atoms with E-state index in [1.165, 1.54) is 24.3 Å². The van der Waals surface area contributed by atoms with Crippen molar-refractivity contribution in [1.29, 1.82) is 0 Å². The van der Waals surface area contributed by atoms with Crippen molar-refractivity contribution < 1.29 is 30.0 Å². The summed E-state index contributed by atoms with van der Waals surface area (Å²) in [4.78, 5) is 24.0. The third-order valence-electron chi connectivity index (χ3n) is 4.78. The lowest BCUT2D eigenvalue weighted by Crippen LogP contribution is -2.40. The van der Waals surface area contributed by atoms with Crippen LogP contribution < -0.4 is 5.32 Å². The highest BCUT2D eigenvalue weighted by atomic mass is 16.4. The summed E-state index contributed by atoms with van der Waals surface area (Å²) in [6.07, 6.45) is 18.6. The van der Waals surface area contributed by atoms with Crippen molar-refractivity contribution in [3.63, 3.8) is 0 Å². The molecule has 0 saturated carbocycles. The van der Waals surface area contributed by atoms with Gasteiger partial charge in [-0.2, -0.15) is 0 Å². The van der Waals surface area contributed by atoms with Crippen LogP contribution in [0.1, 0.15) is 20.8 Å². The number of ketones is 1. The number of rotatable bonds is 0. The van der Waals surface area contributed by atoms with Crippen LogP contribution in [0.3, 0.4) is 0 Å². The predicted octanol–water partition coefficient (Wildman–Crippen LogP) is 3.08. The SMILES string of the molecule is CC1=C\C=C\C=C/C(C)CNC(=O)/C=C(O)/C=C/C(C)=C/C=C/C(O)C(O)C(O)C(=O)/C=C\C=C\1. The van der Waals surface area contributed by atoms with Crippen LogP contribution in [0.25, 0.3) is 0 Å². The van der Waals surface area contributed by atoms with E-state index in [1.807, 2.05) is 44.2 Å². The van der Waals surface area contributed by atoms with Crippen molar-refractivity contribution in [2.24, 2.45) is 5.92 Å². The van der Waals surface area contributed by atoms with Crippen LogP contribution in [0.2, 0.25) is 0 Å². The lowest BCUT2D eigenvalue weighted by atomic mass is 10.0. The zero-order chi connectivity index (χ0) is 26.2. The van der Waals surface area contributed by atoms with E-state index in [0.29, 0.717) is 12.1 Å². The summed E-state index contributed by atoms with van der Waals surface area (Å²) >= 11 is 0. The summed E-state index contributed by atoms with van der Waals surface area (Å²) in [5, 5.41) is 42.8. The van der Waals surface area contributed by atoms with Crippen LogP contribution >= 0.6 is 0 Å². The number of aliphatic hydroxyl groups is 4. The van der Waals surface area contributed by atoms with Crippen LogP contribution in [0.5, 0.6) is 0 Å². The molecule has 4 unspecified atom stereocenters. The molecule has 35 heavy (non-hydrogen) atoms. The molecule has 0 radical (unpaired) electrons. The molecule has 0 saturated heterocycles. The van der Waals surface area contributed by atoms with Gasteiger partial charge in [0, 0.05) is 12.6 Å². The molecular formula is C28H35NO6. The van der Waals surface area contributed by atoms with Gasteiger partial charge in [0.15, 0.2) is 5.78 Å². The van der Waals surface area contributed by atoms with Crippen LogP contribution in [-0.2, 0) is 9.59 Å². The van der Waals surface area contributed by atoms with E-state index < -0.39 is 30.0 Å². The molecule has 0 aliphatic carbocycles. The van der Waals surface area contributed by atoms with Gasteiger partial charge in [0.25, 0.3) is 0 Å². The molecule has 1 aliphatic heterocycles. The summed E-state index contributed by atoms with van der Waals surface area (Å²) in [6, 6.07) is 0. The van der Waals surface area contributed by atoms with Gasteiger partial charge in [0.05, 0.1) is 0 Å². The average molecular weight is 482 g/mol. The first-order valence-electron chi connectivity index (χ1n) is 11.3. The fraction of sp³-hybridized carbons (Fsp3) is 0.286. The van der Waals surface area contributed by atoms with Crippen molar-refractivity contribution in [3.05, 3.63) is 108 Å². The molecule has 1 amide bonds. The predicted molar refractivity (Wildman–Crippen MR) is 138 cm³/mol. The highest BCUT2D eigenvalue weighted by Crippen LogP contribution is 2.06. The molecule has 7 heteroatoms. The molecule has 1 rings (SSSR count). The molecule has 0 aromatic heterocycles. The lowest BCUT2D eigenvalue weighted by molar-refractivity contribution is -0.131. The third-order valence-corrected chi connectivity index (χ3v) is 4.78.